The van der Waals surface area contributed by atoms with Gasteiger partial charge in [0.15, 0.2) is 0 Å². The number of hydrogen-bond acceptors (Lipinski definition) is 7. The predicted molar refractivity (Wildman–Crippen MR) is 209 cm³/mol. The summed E-state index contributed by atoms with van der Waals surface area (Å²) in [6.07, 6.45) is 9.78. The molecule has 2 aromatic carbocycles. The minimum atomic E-state index is -0.977. The maximum absolute atomic E-state index is 13.0. The summed E-state index contributed by atoms with van der Waals surface area (Å²) in [6, 6.07) is 16.6. The van der Waals surface area contributed by atoms with E-state index >= 15 is 0 Å². The lowest BCUT2D eigenvalue weighted by Crippen LogP contribution is -2.38. The van der Waals surface area contributed by atoms with Crippen LogP contribution in [0, 0.1) is 0 Å². The van der Waals surface area contributed by atoms with Crippen molar-refractivity contribution in [2.75, 3.05) is 63.0 Å². The molecule has 0 aliphatic carbocycles. The molecule has 54 heavy (non-hydrogen) atoms. The molecule has 0 saturated carbocycles. The lowest BCUT2D eigenvalue weighted by Gasteiger charge is -2.26. The molecule has 0 radical (unpaired) electrons. The molecular formula is C41H52N8O5. The highest BCUT2D eigenvalue weighted by Crippen LogP contribution is 2.24. The SMILES string of the molecule is Cn1cc(NC(=O)c2ccc(C(O)c3ccc(C(=O)Nc4cc(C(=O)NCCN5CCCCC5)n(C)c4)cc3)cc2)cc1C(=O)NCCN1CCCCC1. The number of aliphatic hydroxyl groups excluding tert-OH is 1. The van der Waals surface area contributed by atoms with E-state index in [0.29, 0.717) is 58.1 Å². The Morgan fingerprint density at radius 2 is 0.944 bits per heavy atom. The number of carbonyl (C=O) groups excluding carboxylic acids is 4. The summed E-state index contributed by atoms with van der Waals surface area (Å²) in [5.41, 5.74) is 3.89. The van der Waals surface area contributed by atoms with Crippen LogP contribution in [0.5, 0.6) is 0 Å². The van der Waals surface area contributed by atoms with Crippen LogP contribution in [0.1, 0.15) is 97.4 Å². The number of aliphatic hydroxyl groups is 1. The lowest BCUT2D eigenvalue weighted by atomic mass is 9.99. The van der Waals surface area contributed by atoms with Crippen LogP contribution < -0.4 is 21.3 Å². The zero-order valence-corrected chi connectivity index (χ0v) is 31.3. The summed E-state index contributed by atoms with van der Waals surface area (Å²) in [6.45, 7) is 7.08. The largest absolute Gasteiger partial charge is 0.384 e. The molecule has 2 aliphatic heterocycles. The minimum Gasteiger partial charge on any atom is -0.384 e. The van der Waals surface area contributed by atoms with E-state index in [2.05, 4.69) is 31.1 Å². The first-order valence-electron chi connectivity index (χ1n) is 19.0. The smallest absolute Gasteiger partial charge is 0.268 e. The summed E-state index contributed by atoms with van der Waals surface area (Å²) < 4.78 is 3.38. The highest BCUT2D eigenvalue weighted by Gasteiger charge is 2.19. The molecule has 13 heteroatoms. The molecule has 4 heterocycles. The van der Waals surface area contributed by atoms with Crippen LogP contribution in [-0.2, 0) is 14.1 Å². The highest BCUT2D eigenvalue weighted by molar-refractivity contribution is 6.06. The Hall–Kier alpha value is -5.24. The van der Waals surface area contributed by atoms with Gasteiger partial charge in [0.2, 0.25) is 0 Å². The topological polar surface area (TPSA) is 153 Å². The molecule has 2 aromatic heterocycles. The molecule has 13 nitrogen and oxygen atoms in total. The van der Waals surface area contributed by atoms with Crippen LogP contribution >= 0.6 is 0 Å². The van der Waals surface area contributed by atoms with Crippen molar-refractivity contribution in [3.05, 3.63) is 107 Å². The van der Waals surface area contributed by atoms with Gasteiger partial charge in [0.05, 0.1) is 11.4 Å². The summed E-state index contributed by atoms with van der Waals surface area (Å²) in [5, 5.41) is 22.7. The number of carbonyl (C=O) groups is 4. The van der Waals surface area contributed by atoms with Crippen LogP contribution in [0.2, 0.25) is 0 Å². The number of aryl methyl sites for hydroxylation is 2. The Kier molecular flexibility index (Phi) is 13.0. The van der Waals surface area contributed by atoms with Crippen molar-refractivity contribution < 1.29 is 24.3 Å². The number of anilines is 2. The van der Waals surface area contributed by atoms with Crippen molar-refractivity contribution in [3.63, 3.8) is 0 Å². The second kappa shape index (κ2) is 18.2. The molecule has 5 N–H and O–H groups in total. The van der Waals surface area contributed by atoms with Crippen LogP contribution in [0.3, 0.4) is 0 Å². The molecular weight excluding hydrogens is 685 g/mol. The molecule has 0 atom stereocenters. The van der Waals surface area contributed by atoms with E-state index in [-0.39, 0.29) is 23.6 Å². The summed E-state index contributed by atoms with van der Waals surface area (Å²) in [7, 11) is 3.53. The van der Waals surface area contributed by atoms with E-state index in [9.17, 15) is 24.3 Å². The molecule has 6 rings (SSSR count). The van der Waals surface area contributed by atoms with Crippen molar-refractivity contribution in [3.8, 4) is 0 Å². The quantitative estimate of drug-likeness (QED) is 0.129. The monoisotopic (exact) mass is 736 g/mol. The number of likely N-dealkylation sites (tertiary alicyclic amines) is 2. The average Bonchev–Trinajstić information content (AvgIpc) is 3.75. The average molecular weight is 737 g/mol. The van der Waals surface area contributed by atoms with Gasteiger partial charge in [0.25, 0.3) is 23.6 Å². The van der Waals surface area contributed by atoms with E-state index in [1.165, 1.54) is 38.5 Å². The first-order chi connectivity index (χ1) is 26.1. The van der Waals surface area contributed by atoms with Crippen molar-refractivity contribution in [2.24, 2.45) is 14.1 Å². The number of benzene rings is 2. The number of amides is 4. The van der Waals surface area contributed by atoms with Gasteiger partial charge in [-0.15, -0.1) is 0 Å². The van der Waals surface area contributed by atoms with Gasteiger partial charge in [-0.05, 0) is 99.4 Å². The lowest BCUT2D eigenvalue weighted by molar-refractivity contribution is 0.0930. The van der Waals surface area contributed by atoms with Crippen molar-refractivity contribution in [1.29, 1.82) is 0 Å². The Balaban J connectivity index is 0.972. The van der Waals surface area contributed by atoms with Gasteiger partial charge in [0, 0.05) is 63.8 Å². The summed E-state index contributed by atoms with van der Waals surface area (Å²) in [4.78, 5) is 56.4. The van der Waals surface area contributed by atoms with E-state index in [1.807, 2.05) is 0 Å². The Morgan fingerprint density at radius 1 is 0.574 bits per heavy atom. The van der Waals surface area contributed by atoms with Gasteiger partial charge in [-0.2, -0.15) is 0 Å². The standard InChI is InChI=1S/C41H52N8O5/c1-46-27-33(25-35(46)40(53)42-17-23-48-19-5-3-6-20-48)44-38(51)31-13-9-29(10-14-31)37(50)30-11-15-32(16-12-30)39(52)45-34-26-36(47(2)28-34)41(54)43-18-24-49-21-7-4-8-22-49/h9-16,25-28,37,50H,3-8,17-24H2,1-2H3,(H,42,53)(H,43,54)(H,44,51)(H,45,52). The van der Waals surface area contributed by atoms with Crippen LogP contribution in [0.15, 0.2) is 73.1 Å². The Labute approximate surface area is 316 Å². The van der Waals surface area contributed by atoms with Gasteiger partial charge >= 0.3 is 0 Å². The second-order valence-electron chi connectivity index (χ2n) is 14.3. The fourth-order valence-corrected chi connectivity index (χ4v) is 7.15. The zero-order chi connectivity index (χ0) is 38.0. The zero-order valence-electron chi connectivity index (χ0n) is 31.3. The first-order valence-corrected chi connectivity index (χ1v) is 19.0. The third-order valence-electron chi connectivity index (χ3n) is 10.3. The number of nitrogens with one attached hydrogen (secondary N) is 4. The van der Waals surface area contributed by atoms with E-state index in [1.54, 1.807) is 96.3 Å². The van der Waals surface area contributed by atoms with Gasteiger partial charge < -0.3 is 45.3 Å². The van der Waals surface area contributed by atoms with Gasteiger partial charge in [-0.3, -0.25) is 19.2 Å². The molecule has 2 aliphatic rings. The molecule has 0 unspecified atom stereocenters. The molecule has 286 valence electrons. The van der Waals surface area contributed by atoms with E-state index < -0.39 is 6.10 Å². The van der Waals surface area contributed by atoms with Crippen LogP contribution in [0.25, 0.3) is 0 Å². The minimum absolute atomic E-state index is 0.188. The Morgan fingerprint density at radius 3 is 1.31 bits per heavy atom. The number of aromatic nitrogens is 2. The van der Waals surface area contributed by atoms with Crippen molar-refractivity contribution >= 4 is 35.0 Å². The maximum Gasteiger partial charge on any atom is 0.268 e. The first kappa shape index (κ1) is 38.5. The molecule has 4 aromatic rings. The molecule has 2 saturated heterocycles. The van der Waals surface area contributed by atoms with Crippen molar-refractivity contribution in [1.82, 2.24) is 29.6 Å². The molecule has 2 fully saturated rings. The number of piperidine rings is 2. The van der Waals surface area contributed by atoms with Crippen LogP contribution in [0.4, 0.5) is 11.4 Å². The molecule has 0 spiro atoms. The summed E-state index contributed by atoms with van der Waals surface area (Å²) in [5.74, 6) is -1.06. The van der Waals surface area contributed by atoms with Gasteiger partial charge in [0.1, 0.15) is 17.5 Å². The maximum atomic E-state index is 13.0. The van der Waals surface area contributed by atoms with Gasteiger partial charge in [-0.1, -0.05) is 37.1 Å². The molecule has 0 bridgehead atoms. The fraction of sp³-hybridized carbons (Fsp3) is 0.415. The third-order valence-corrected chi connectivity index (χ3v) is 10.3. The highest BCUT2D eigenvalue weighted by atomic mass is 16.3. The second-order valence-corrected chi connectivity index (χ2v) is 14.3. The predicted octanol–water partition coefficient (Wildman–Crippen LogP) is 4.38. The van der Waals surface area contributed by atoms with E-state index in [4.69, 9.17) is 0 Å². The number of hydrogen-bond donors (Lipinski definition) is 5. The number of nitrogens with zero attached hydrogens (tertiary/aromatic N) is 4. The third kappa shape index (κ3) is 10.0. The number of rotatable bonds is 14. The summed E-state index contributed by atoms with van der Waals surface area (Å²) >= 11 is 0. The van der Waals surface area contributed by atoms with E-state index in [0.717, 1.165) is 39.3 Å². The van der Waals surface area contributed by atoms with Crippen LogP contribution in [-0.4, -0.2) is 100 Å². The normalized spacial score (nSPS) is 15.2. The fourth-order valence-electron chi connectivity index (χ4n) is 7.15. The van der Waals surface area contributed by atoms with Crippen molar-refractivity contribution in [2.45, 2.75) is 44.6 Å². The Bertz CT molecular complexity index is 1770. The molecule has 4 amide bonds. The van der Waals surface area contributed by atoms with Gasteiger partial charge in [-0.25, -0.2) is 0 Å².